The van der Waals surface area contributed by atoms with Crippen LogP contribution in [0, 0.1) is 0 Å². The molecule has 0 aliphatic rings. The van der Waals surface area contributed by atoms with Crippen molar-refractivity contribution in [1.29, 1.82) is 0 Å². The summed E-state index contributed by atoms with van der Waals surface area (Å²) in [5, 5.41) is 2.53. The third kappa shape index (κ3) is 3.21. The van der Waals surface area contributed by atoms with Crippen LogP contribution in [0.25, 0.3) is 10.6 Å². The fourth-order valence-electron chi connectivity index (χ4n) is 1.33. The first-order valence-electron chi connectivity index (χ1n) is 4.98. The Morgan fingerprint density at radius 3 is 2.39 bits per heavy atom. The van der Waals surface area contributed by atoms with Gasteiger partial charge in [-0.3, -0.25) is 0 Å². The van der Waals surface area contributed by atoms with Crippen molar-refractivity contribution in [2.75, 3.05) is 0 Å². The standard InChI is InChI=1S/C11H9F3N2OS/c12-11(13,14)17-9-3-1-7(2-4-9)10-16-8(5-15)6-18-10/h1-4,6H,5,15H2. The second-order valence-corrected chi connectivity index (χ2v) is 4.28. The van der Waals surface area contributed by atoms with Gasteiger partial charge in [0.25, 0.3) is 0 Å². The second kappa shape index (κ2) is 4.95. The maximum absolute atomic E-state index is 12.0. The Hall–Kier alpha value is -1.60. The van der Waals surface area contributed by atoms with Crippen LogP contribution in [0.5, 0.6) is 5.75 Å². The molecule has 0 bridgehead atoms. The van der Waals surface area contributed by atoms with Crippen LogP contribution in [-0.2, 0) is 6.54 Å². The number of thiazole rings is 1. The lowest BCUT2D eigenvalue weighted by Crippen LogP contribution is -2.16. The van der Waals surface area contributed by atoms with Gasteiger partial charge in [-0.15, -0.1) is 24.5 Å². The van der Waals surface area contributed by atoms with E-state index in [4.69, 9.17) is 5.73 Å². The van der Waals surface area contributed by atoms with Crippen LogP contribution in [0.3, 0.4) is 0 Å². The first kappa shape index (κ1) is 12.8. The molecule has 0 saturated carbocycles. The van der Waals surface area contributed by atoms with Crippen molar-refractivity contribution in [2.45, 2.75) is 12.9 Å². The zero-order valence-corrected chi connectivity index (χ0v) is 9.89. The summed E-state index contributed by atoms with van der Waals surface area (Å²) in [7, 11) is 0. The molecule has 0 amide bonds. The smallest absolute Gasteiger partial charge is 0.406 e. The summed E-state index contributed by atoms with van der Waals surface area (Å²) < 4.78 is 39.7. The molecule has 2 N–H and O–H groups in total. The van der Waals surface area contributed by atoms with Gasteiger partial charge in [0.1, 0.15) is 10.8 Å². The molecule has 7 heteroatoms. The summed E-state index contributed by atoms with van der Waals surface area (Å²) in [4.78, 5) is 4.23. The monoisotopic (exact) mass is 274 g/mol. The Kier molecular flexibility index (Phi) is 3.53. The number of ether oxygens (including phenoxy) is 1. The molecule has 0 saturated heterocycles. The van der Waals surface area contributed by atoms with Crippen LogP contribution in [0.15, 0.2) is 29.6 Å². The molecule has 0 aliphatic heterocycles. The fourth-order valence-corrected chi connectivity index (χ4v) is 2.17. The molecule has 18 heavy (non-hydrogen) atoms. The summed E-state index contributed by atoms with van der Waals surface area (Å²) in [5.41, 5.74) is 6.92. The van der Waals surface area contributed by atoms with Gasteiger partial charge in [-0.2, -0.15) is 0 Å². The number of halogens is 3. The molecule has 1 heterocycles. The Labute approximate surface area is 105 Å². The van der Waals surface area contributed by atoms with Crippen molar-refractivity contribution in [3.05, 3.63) is 35.3 Å². The highest BCUT2D eigenvalue weighted by Gasteiger charge is 2.30. The molecule has 0 radical (unpaired) electrons. The zero-order valence-electron chi connectivity index (χ0n) is 9.07. The van der Waals surface area contributed by atoms with Crippen molar-refractivity contribution >= 4 is 11.3 Å². The van der Waals surface area contributed by atoms with Crippen LogP contribution >= 0.6 is 11.3 Å². The molecule has 0 aliphatic carbocycles. The number of nitrogens with zero attached hydrogens (tertiary/aromatic N) is 1. The number of hydrogen-bond donors (Lipinski definition) is 1. The van der Waals surface area contributed by atoms with Gasteiger partial charge in [0.2, 0.25) is 0 Å². The molecular weight excluding hydrogens is 265 g/mol. The quantitative estimate of drug-likeness (QED) is 0.935. The van der Waals surface area contributed by atoms with E-state index >= 15 is 0 Å². The number of alkyl halides is 3. The van der Waals surface area contributed by atoms with Gasteiger partial charge < -0.3 is 10.5 Å². The van der Waals surface area contributed by atoms with Gasteiger partial charge in [-0.25, -0.2) is 4.98 Å². The van der Waals surface area contributed by atoms with Crippen LogP contribution < -0.4 is 10.5 Å². The minimum atomic E-state index is -4.67. The molecule has 2 rings (SSSR count). The van der Waals surface area contributed by atoms with Gasteiger partial charge in [0, 0.05) is 17.5 Å². The van der Waals surface area contributed by atoms with Gasteiger partial charge in [-0.05, 0) is 24.3 Å². The van der Waals surface area contributed by atoms with E-state index in [1.165, 1.54) is 35.6 Å². The van der Waals surface area contributed by atoms with Gasteiger partial charge in [0.15, 0.2) is 0 Å². The van der Waals surface area contributed by atoms with Crippen LogP contribution in [0.1, 0.15) is 5.69 Å². The summed E-state index contributed by atoms with van der Waals surface area (Å²) in [5.74, 6) is -0.248. The van der Waals surface area contributed by atoms with Crippen LogP contribution in [0.2, 0.25) is 0 Å². The maximum Gasteiger partial charge on any atom is 0.573 e. The molecular formula is C11H9F3N2OS. The Bertz CT molecular complexity index is 522. The number of benzene rings is 1. The van der Waals surface area contributed by atoms with E-state index in [-0.39, 0.29) is 5.75 Å². The lowest BCUT2D eigenvalue weighted by atomic mass is 10.2. The van der Waals surface area contributed by atoms with Gasteiger partial charge >= 0.3 is 6.36 Å². The molecule has 1 aromatic carbocycles. The maximum atomic E-state index is 12.0. The molecule has 2 aromatic rings. The minimum absolute atomic E-state index is 0.248. The highest BCUT2D eigenvalue weighted by atomic mass is 32.1. The molecule has 0 spiro atoms. The van der Waals surface area contributed by atoms with E-state index in [1.807, 2.05) is 5.38 Å². The third-order valence-electron chi connectivity index (χ3n) is 2.10. The summed E-state index contributed by atoms with van der Waals surface area (Å²) in [6, 6.07) is 5.57. The minimum Gasteiger partial charge on any atom is -0.406 e. The SMILES string of the molecule is NCc1csc(-c2ccc(OC(F)(F)F)cc2)n1. The Morgan fingerprint density at radius 2 is 1.89 bits per heavy atom. The largest absolute Gasteiger partial charge is 0.573 e. The molecule has 1 aromatic heterocycles. The van der Waals surface area contributed by atoms with E-state index in [1.54, 1.807) is 0 Å². The lowest BCUT2D eigenvalue weighted by molar-refractivity contribution is -0.274. The van der Waals surface area contributed by atoms with Crippen molar-refractivity contribution in [2.24, 2.45) is 5.73 Å². The molecule has 0 atom stereocenters. The van der Waals surface area contributed by atoms with E-state index in [0.29, 0.717) is 11.6 Å². The highest BCUT2D eigenvalue weighted by Crippen LogP contribution is 2.28. The number of nitrogens with two attached hydrogens (primary N) is 1. The number of rotatable bonds is 3. The average Bonchev–Trinajstić information content (AvgIpc) is 2.76. The van der Waals surface area contributed by atoms with Gasteiger partial charge in [0.05, 0.1) is 5.69 Å². The topological polar surface area (TPSA) is 48.1 Å². The Morgan fingerprint density at radius 1 is 1.22 bits per heavy atom. The van der Waals surface area contributed by atoms with Crippen LogP contribution in [-0.4, -0.2) is 11.3 Å². The molecule has 96 valence electrons. The van der Waals surface area contributed by atoms with Crippen molar-refractivity contribution < 1.29 is 17.9 Å². The van der Waals surface area contributed by atoms with E-state index < -0.39 is 6.36 Å². The normalized spacial score (nSPS) is 11.6. The van der Waals surface area contributed by atoms with Gasteiger partial charge in [-0.1, -0.05) is 0 Å². The van der Waals surface area contributed by atoms with E-state index in [0.717, 1.165) is 11.3 Å². The summed E-state index contributed by atoms with van der Waals surface area (Å²) in [6.45, 7) is 0.339. The first-order chi connectivity index (χ1) is 8.48. The molecule has 3 nitrogen and oxygen atoms in total. The average molecular weight is 274 g/mol. The van der Waals surface area contributed by atoms with Crippen molar-refractivity contribution in [3.63, 3.8) is 0 Å². The Balaban J connectivity index is 2.17. The molecule has 0 fully saturated rings. The van der Waals surface area contributed by atoms with E-state index in [2.05, 4.69) is 9.72 Å². The van der Waals surface area contributed by atoms with E-state index in [9.17, 15) is 13.2 Å². The first-order valence-corrected chi connectivity index (χ1v) is 5.86. The number of aromatic nitrogens is 1. The second-order valence-electron chi connectivity index (χ2n) is 3.42. The fraction of sp³-hybridized carbons (Fsp3) is 0.182. The molecule has 0 unspecified atom stereocenters. The van der Waals surface area contributed by atoms with Crippen molar-refractivity contribution in [3.8, 4) is 16.3 Å². The van der Waals surface area contributed by atoms with Crippen molar-refractivity contribution in [1.82, 2.24) is 4.98 Å². The zero-order chi connectivity index (χ0) is 13.2. The third-order valence-corrected chi connectivity index (χ3v) is 3.04. The van der Waals surface area contributed by atoms with Crippen LogP contribution in [0.4, 0.5) is 13.2 Å². The summed E-state index contributed by atoms with van der Waals surface area (Å²) in [6.07, 6.45) is -4.67. The predicted molar refractivity (Wildman–Crippen MR) is 62.1 cm³/mol. The summed E-state index contributed by atoms with van der Waals surface area (Å²) >= 11 is 1.39. The lowest BCUT2D eigenvalue weighted by Gasteiger charge is -2.08. The predicted octanol–water partition coefficient (Wildman–Crippen LogP) is 3.17. The highest BCUT2D eigenvalue weighted by molar-refractivity contribution is 7.13. The number of hydrogen-bond acceptors (Lipinski definition) is 4.